The molecule has 0 radical (unpaired) electrons. The van der Waals surface area contributed by atoms with Gasteiger partial charge in [-0.05, 0) is 41.6 Å². The Morgan fingerprint density at radius 3 is 2.74 bits per heavy atom. The van der Waals surface area contributed by atoms with E-state index in [0.717, 1.165) is 33.8 Å². The van der Waals surface area contributed by atoms with Crippen LogP contribution in [0.3, 0.4) is 0 Å². The number of fused-ring (bicyclic) bond motifs is 1. The summed E-state index contributed by atoms with van der Waals surface area (Å²) in [5, 5.41) is 9.89. The second-order valence-electron chi connectivity index (χ2n) is 7.06. The molecule has 1 aromatic heterocycles. The van der Waals surface area contributed by atoms with Crippen LogP contribution >= 0.6 is 11.8 Å². The molecule has 0 aliphatic carbocycles. The van der Waals surface area contributed by atoms with Crippen LogP contribution in [-0.4, -0.2) is 52.0 Å². The third kappa shape index (κ3) is 4.26. The molecule has 1 N–H and O–H groups in total. The molecule has 4 rings (SSSR count). The number of rotatable bonds is 7. The topological polar surface area (TPSA) is 88.8 Å². The molecule has 1 aliphatic rings. The molecule has 0 saturated carbocycles. The summed E-state index contributed by atoms with van der Waals surface area (Å²) in [6.45, 7) is 0.991. The van der Waals surface area contributed by atoms with Gasteiger partial charge in [-0.25, -0.2) is 4.79 Å². The van der Waals surface area contributed by atoms with Crippen LogP contribution in [-0.2, 0) is 16.1 Å². The van der Waals surface area contributed by atoms with Crippen LogP contribution in [0.25, 0.3) is 17.0 Å². The molecule has 1 saturated heterocycles. The Bertz CT molecular complexity index is 1210. The van der Waals surface area contributed by atoms with Gasteiger partial charge >= 0.3 is 5.97 Å². The van der Waals surface area contributed by atoms with Gasteiger partial charge in [-0.1, -0.05) is 30.3 Å². The molecule has 1 aliphatic heterocycles. The van der Waals surface area contributed by atoms with E-state index >= 15 is 0 Å². The SMILES string of the molecule is COCCN1C(=O)S/C(=C/c2cn(Cc3cccc(C(=O)O)c3)c3ccccc23)C1=O. The van der Waals surface area contributed by atoms with E-state index in [9.17, 15) is 19.5 Å². The van der Waals surface area contributed by atoms with Crippen molar-refractivity contribution in [3.8, 4) is 0 Å². The summed E-state index contributed by atoms with van der Waals surface area (Å²) in [5.41, 5.74) is 2.86. The molecule has 2 amide bonds. The molecule has 0 spiro atoms. The summed E-state index contributed by atoms with van der Waals surface area (Å²) < 4.78 is 6.99. The Morgan fingerprint density at radius 1 is 1.16 bits per heavy atom. The number of methoxy groups -OCH3 is 1. The summed E-state index contributed by atoms with van der Waals surface area (Å²) >= 11 is 0.922. The number of carbonyl (C=O) groups excluding carboxylic acids is 2. The molecule has 1 fully saturated rings. The van der Waals surface area contributed by atoms with Crippen molar-refractivity contribution in [3.05, 3.63) is 76.3 Å². The van der Waals surface area contributed by atoms with Gasteiger partial charge in [0.25, 0.3) is 11.1 Å². The Morgan fingerprint density at radius 2 is 1.97 bits per heavy atom. The average Bonchev–Trinajstić information content (AvgIpc) is 3.24. The monoisotopic (exact) mass is 436 g/mol. The highest BCUT2D eigenvalue weighted by Gasteiger charge is 2.34. The fraction of sp³-hybridized carbons (Fsp3) is 0.174. The number of para-hydroxylation sites is 1. The summed E-state index contributed by atoms with van der Waals surface area (Å²) in [7, 11) is 1.52. The number of hydrogen-bond donors (Lipinski definition) is 1. The molecular weight excluding hydrogens is 416 g/mol. The maximum atomic E-state index is 12.7. The summed E-state index contributed by atoms with van der Waals surface area (Å²) in [6, 6.07) is 14.6. The standard InChI is InChI=1S/C23H20N2O5S/c1-30-10-9-25-21(26)20(31-23(25)29)12-17-14-24(19-8-3-2-7-18(17)19)13-15-5-4-6-16(11-15)22(27)28/h2-8,11-12,14H,9-10,13H2,1H3,(H,27,28)/b20-12+. The number of carbonyl (C=O) groups is 3. The number of ether oxygens (including phenoxy) is 1. The van der Waals surface area contributed by atoms with Crippen molar-refractivity contribution >= 4 is 45.9 Å². The minimum atomic E-state index is -0.968. The van der Waals surface area contributed by atoms with Crippen LogP contribution < -0.4 is 0 Å². The molecule has 0 atom stereocenters. The number of benzene rings is 2. The second kappa shape index (κ2) is 8.79. The number of carboxylic acids is 1. The summed E-state index contributed by atoms with van der Waals surface area (Å²) in [6.07, 6.45) is 3.66. The van der Waals surface area contributed by atoms with E-state index in [2.05, 4.69) is 0 Å². The lowest BCUT2D eigenvalue weighted by atomic mass is 10.1. The van der Waals surface area contributed by atoms with Crippen molar-refractivity contribution in [1.29, 1.82) is 0 Å². The molecule has 0 unspecified atom stereocenters. The van der Waals surface area contributed by atoms with Crippen LogP contribution in [0, 0.1) is 0 Å². The van der Waals surface area contributed by atoms with E-state index in [-0.39, 0.29) is 23.3 Å². The van der Waals surface area contributed by atoms with Gasteiger partial charge in [0, 0.05) is 36.3 Å². The molecule has 31 heavy (non-hydrogen) atoms. The van der Waals surface area contributed by atoms with Crippen LogP contribution in [0.15, 0.2) is 59.6 Å². The highest BCUT2D eigenvalue weighted by atomic mass is 32.2. The van der Waals surface area contributed by atoms with E-state index in [1.54, 1.807) is 24.3 Å². The Kier molecular flexibility index (Phi) is 5.92. The van der Waals surface area contributed by atoms with Crippen LogP contribution in [0.5, 0.6) is 0 Å². The van der Waals surface area contributed by atoms with E-state index in [1.165, 1.54) is 12.0 Å². The van der Waals surface area contributed by atoms with Crippen LogP contribution in [0.4, 0.5) is 4.79 Å². The Labute approximate surface area is 182 Å². The third-order valence-electron chi connectivity index (χ3n) is 5.03. The number of imide groups is 1. The molecule has 0 bridgehead atoms. The molecule has 2 heterocycles. The number of hydrogen-bond acceptors (Lipinski definition) is 5. The van der Waals surface area contributed by atoms with Crippen LogP contribution in [0.2, 0.25) is 0 Å². The van der Waals surface area contributed by atoms with E-state index in [0.29, 0.717) is 18.1 Å². The van der Waals surface area contributed by atoms with Gasteiger partial charge in [-0.15, -0.1) is 0 Å². The highest BCUT2D eigenvalue weighted by molar-refractivity contribution is 8.18. The lowest BCUT2D eigenvalue weighted by molar-refractivity contribution is -0.123. The maximum absolute atomic E-state index is 12.7. The first kappa shape index (κ1) is 20.9. The lowest BCUT2D eigenvalue weighted by Crippen LogP contribution is -2.31. The number of amides is 2. The fourth-order valence-electron chi connectivity index (χ4n) is 3.54. The van der Waals surface area contributed by atoms with Crippen LogP contribution in [0.1, 0.15) is 21.5 Å². The molecular formula is C23H20N2O5S. The zero-order valence-electron chi connectivity index (χ0n) is 16.8. The number of nitrogens with zero attached hydrogens (tertiary/aromatic N) is 2. The molecule has 8 heteroatoms. The first-order chi connectivity index (χ1) is 15.0. The number of thioether (sulfide) groups is 1. The number of aromatic carboxylic acids is 1. The first-order valence-electron chi connectivity index (χ1n) is 9.62. The lowest BCUT2D eigenvalue weighted by Gasteiger charge is -2.10. The predicted octanol–water partition coefficient (Wildman–Crippen LogP) is 4.07. The quantitative estimate of drug-likeness (QED) is 0.562. The molecule has 7 nitrogen and oxygen atoms in total. The van der Waals surface area contributed by atoms with Crippen molar-refractivity contribution in [2.24, 2.45) is 0 Å². The van der Waals surface area contributed by atoms with Gasteiger partial charge in [-0.3, -0.25) is 14.5 Å². The van der Waals surface area contributed by atoms with Crippen molar-refractivity contribution in [2.75, 3.05) is 20.3 Å². The smallest absolute Gasteiger partial charge is 0.335 e. The maximum Gasteiger partial charge on any atom is 0.335 e. The average molecular weight is 436 g/mol. The zero-order valence-corrected chi connectivity index (χ0v) is 17.6. The second-order valence-corrected chi connectivity index (χ2v) is 8.05. The number of aromatic nitrogens is 1. The van der Waals surface area contributed by atoms with Gasteiger partial charge in [0.1, 0.15) is 0 Å². The molecule has 3 aromatic rings. The highest BCUT2D eigenvalue weighted by Crippen LogP contribution is 2.34. The fourth-order valence-corrected chi connectivity index (χ4v) is 4.39. The van der Waals surface area contributed by atoms with Gasteiger partial charge in [0.2, 0.25) is 0 Å². The Balaban J connectivity index is 1.68. The summed E-state index contributed by atoms with van der Waals surface area (Å²) in [5.74, 6) is -1.29. The minimum absolute atomic E-state index is 0.222. The van der Waals surface area contributed by atoms with Gasteiger partial charge in [0.15, 0.2) is 0 Å². The predicted molar refractivity (Wildman–Crippen MR) is 119 cm³/mol. The zero-order chi connectivity index (χ0) is 22.0. The van der Waals surface area contributed by atoms with Crippen molar-refractivity contribution in [3.63, 3.8) is 0 Å². The summed E-state index contributed by atoms with van der Waals surface area (Å²) in [4.78, 5) is 37.7. The normalized spacial score (nSPS) is 15.4. The molecule has 158 valence electrons. The molecule has 2 aromatic carbocycles. The largest absolute Gasteiger partial charge is 0.478 e. The van der Waals surface area contributed by atoms with Gasteiger partial charge in [0.05, 0.1) is 23.6 Å². The van der Waals surface area contributed by atoms with E-state index < -0.39 is 5.97 Å². The minimum Gasteiger partial charge on any atom is -0.478 e. The van der Waals surface area contributed by atoms with Gasteiger partial charge < -0.3 is 14.4 Å². The van der Waals surface area contributed by atoms with Crippen molar-refractivity contribution < 1.29 is 24.2 Å². The first-order valence-corrected chi connectivity index (χ1v) is 10.4. The number of carboxylic acid groups (broad SMARTS) is 1. The van der Waals surface area contributed by atoms with Crippen molar-refractivity contribution in [2.45, 2.75) is 6.54 Å². The van der Waals surface area contributed by atoms with Crippen molar-refractivity contribution in [1.82, 2.24) is 9.47 Å². The van der Waals surface area contributed by atoms with Gasteiger partial charge in [-0.2, -0.15) is 0 Å². The Hall–Kier alpha value is -3.36. The third-order valence-corrected chi connectivity index (χ3v) is 5.93. The van der Waals surface area contributed by atoms with E-state index in [4.69, 9.17) is 4.74 Å². The van der Waals surface area contributed by atoms with E-state index in [1.807, 2.05) is 41.1 Å².